The first-order valence-electron chi connectivity index (χ1n) is 8.52. The predicted molar refractivity (Wildman–Crippen MR) is 102 cm³/mol. The van der Waals surface area contributed by atoms with Crippen molar-refractivity contribution in [3.63, 3.8) is 0 Å². The highest BCUT2D eigenvalue weighted by atomic mass is 16.5. The second kappa shape index (κ2) is 9.58. The minimum atomic E-state index is -0.167. The molecule has 0 saturated carbocycles. The zero-order valence-electron chi connectivity index (χ0n) is 15.3. The first-order chi connectivity index (χ1) is 12.5. The van der Waals surface area contributed by atoms with Crippen molar-refractivity contribution in [3.8, 4) is 5.75 Å². The summed E-state index contributed by atoms with van der Waals surface area (Å²) in [6, 6.07) is 14.6. The molecular weight excluding hydrogens is 330 g/mol. The van der Waals surface area contributed by atoms with Crippen molar-refractivity contribution in [2.75, 3.05) is 19.0 Å². The van der Waals surface area contributed by atoms with Gasteiger partial charge in [0, 0.05) is 23.8 Å². The van der Waals surface area contributed by atoms with Gasteiger partial charge in [-0.1, -0.05) is 18.2 Å². The minimum absolute atomic E-state index is 0.0582. The van der Waals surface area contributed by atoms with E-state index in [-0.39, 0.29) is 24.4 Å². The van der Waals surface area contributed by atoms with Crippen LogP contribution in [0.25, 0.3) is 0 Å². The van der Waals surface area contributed by atoms with Gasteiger partial charge in [-0.3, -0.25) is 9.59 Å². The van der Waals surface area contributed by atoms with Crippen molar-refractivity contribution in [1.82, 2.24) is 10.6 Å². The topological polar surface area (TPSA) is 79.5 Å². The van der Waals surface area contributed by atoms with Crippen LogP contribution >= 0.6 is 0 Å². The Hall–Kier alpha value is -2.86. The van der Waals surface area contributed by atoms with Gasteiger partial charge in [0.1, 0.15) is 5.75 Å². The number of ether oxygens (including phenoxy) is 1. The van der Waals surface area contributed by atoms with Crippen LogP contribution in [0.1, 0.15) is 29.8 Å². The van der Waals surface area contributed by atoms with E-state index in [4.69, 9.17) is 4.74 Å². The standard InChI is InChI=1S/C20H25N3O3/c1-14(2)22-20(25)16-5-4-6-17(11-16)23-19(24)13-21-12-15-7-9-18(26-3)10-8-15/h4-11,14,21H,12-13H2,1-3H3,(H,22,25)(H,23,24). The molecule has 2 rings (SSSR count). The Morgan fingerprint density at radius 1 is 1.08 bits per heavy atom. The molecule has 2 aromatic rings. The largest absolute Gasteiger partial charge is 0.497 e. The fraction of sp³-hybridized carbons (Fsp3) is 0.300. The number of hydrogen-bond acceptors (Lipinski definition) is 4. The molecular formula is C20H25N3O3. The maximum Gasteiger partial charge on any atom is 0.251 e. The van der Waals surface area contributed by atoms with Crippen LogP contribution in [0.2, 0.25) is 0 Å². The van der Waals surface area contributed by atoms with Gasteiger partial charge in [-0.25, -0.2) is 0 Å². The Kier molecular flexibility index (Phi) is 7.17. The van der Waals surface area contributed by atoms with Crippen LogP contribution in [-0.4, -0.2) is 31.5 Å². The van der Waals surface area contributed by atoms with Gasteiger partial charge in [-0.2, -0.15) is 0 Å². The second-order valence-electron chi connectivity index (χ2n) is 6.21. The van der Waals surface area contributed by atoms with Crippen LogP contribution in [0, 0.1) is 0 Å². The molecule has 3 N–H and O–H groups in total. The molecule has 2 aromatic carbocycles. The molecule has 6 nitrogen and oxygen atoms in total. The zero-order chi connectivity index (χ0) is 18.9. The number of nitrogens with one attached hydrogen (secondary N) is 3. The molecule has 0 aliphatic heterocycles. The average molecular weight is 355 g/mol. The number of rotatable bonds is 8. The SMILES string of the molecule is COc1ccc(CNCC(=O)Nc2cccc(C(=O)NC(C)C)c2)cc1. The third-order valence-corrected chi connectivity index (χ3v) is 3.60. The number of benzene rings is 2. The Bertz CT molecular complexity index is 742. The molecule has 2 amide bonds. The van der Waals surface area contributed by atoms with Gasteiger partial charge in [0.05, 0.1) is 13.7 Å². The van der Waals surface area contributed by atoms with Crippen LogP contribution in [0.4, 0.5) is 5.69 Å². The van der Waals surface area contributed by atoms with Gasteiger partial charge in [-0.05, 0) is 49.7 Å². The fourth-order valence-electron chi connectivity index (χ4n) is 2.35. The Morgan fingerprint density at radius 2 is 1.81 bits per heavy atom. The third-order valence-electron chi connectivity index (χ3n) is 3.60. The lowest BCUT2D eigenvalue weighted by atomic mass is 10.1. The van der Waals surface area contributed by atoms with Gasteiger partial charge in [0.15, 0.2) is 0 Å². The number of carbonyl (C=O) groups is 2. The molecule has 138 valence electrons. The van der Waals surface area contributed by atoms with Gasteiger partial charge in [-0.15, -0.1) is 0 Å². The molecule has 0 radical (unpaired) electrons. The molecule has 6 heteroatoms. The van der Waals surface area contributed by atoms with E-state index in [0.29, 0.717) is 17.8 Å². The molecule has 0 atom stereocenters. The summed E-state index contributed by atoms with van der Waals surface area (Å²) in [5, 5.41) is 8.71. The maximum atomic E-state index is 12.1. The maximum absolute atomic E-state index is 12.1. The summed E-state index contributed by atoms with van der Waals surface area (Å²) in [4.78, 5) is 24.1. The van der Waals surface area contributed by atoms with Crippen molar-refractivity contribution in [2.24, 2.45) is 0 Å². The summed E-state index contributed by atoms with van der Waals surface area (Å²) in [5.41, 5.74) is 2.17. The van der Waals surface area contributed by atoms with E-state index in [0.717, 1.165) is 11.3 Å². The molecule has 0 bridgehead atoms. The molecule has 0 aliphatic rings. The summed E-state index contributed by atoms with van der Waals surface area (Å²) in [6.07, 6.45) is 0. The summed E-state index contributed by atoms with van der Waals surface area (Å²) in [5.74, 6) is 0.474. The summed E-state index contributed by atoms with van der Waals surface area (Å²) >= 11 is 0. The monoisotopic (exact) mass is 355 g/mol. The fourth-order valence-corrected chi connectivity index (χ4v) is 2.35. The summed E-state index contributed by atoms with van der Waals surface area (Å²) in [7, 11) is 1.62. The number of carbonyl (C=O) groups excluding carboxylic acids is 2. The van der Waals surface area contributed by atoms with Gasteiger partial charge in [0.2, 0.25) is 5.91 Å². The highest BCUT2D eigenvalue weighted by Gasteiger charge is 2.09. The lowest BCUT2D eigenvalue weighted by Gasteiger charge is -2.10. The highest BCUT2D eigenvalue weighted by Crippen LogP contribution is 2.12. The van der Waals surface area contributed by atoms with Crippen LogP contribution < -0.4 is 20.7 Å². The smallest absolute Gasteiger partial charge is 0.251 e. The molecule has 0 aromatic heterocycles. The zero-order valence-corrected chi connectivity index (χ0v) is 15.3. The lowest BCUT2D eigenvalue weighted by Crippen LogP contribution is -2.30. The van der Waals surface area contributed by atoms with Gasteiger partial charge in [0.25, 0.3) is 5.91 Å². The number of methoxy groups -OCH3 is 1. The molecule has 0 aliphatic carbocycles. The molecule has 0 spiro atoms. The summed E-state index contributed by atoms with van der Waals surface area (Å²) < 4.78 is 5.11. The Morgan fingerprint density at radius 3 is 2.46 bits per heavy atom. The van der Waals surface area contributed by atoms with Crippen LogP contribution in [0.3, 0.4) is 0 Å². The Labute approximate surface area is 153 Å². The first kappa shape index (κ1) is 19.5. The van der Waals surface area contributed by atoms with Crippen molar-refractivity contribution >= 4 is 17.5 Å². The predicted octanol–water partition coefficient (Wildman–Crippen LogP) is 2.56. The quantitative estimate of drug-likeness (QED) is 0.680. The van der Waals surface area contributed by atoms with Crippen molar-refractivity contribution < 1.29 is 14.3 Å². The van der Waals surface area contributed by atoms with E-state index >= 15 is 0 Å². The first-order valence-corrected chi connectivity index (χ1v) is 8.52. The van der Waals surface area contributed by atoms with E-state index in [1.807, 2.05) is 38.1 Å². The van der Waals surface area contributed by atoms with Crippen molar-refractivity contribution in [2.45, 2.75) is 26.4 Å². The highest BCUT2D eigenvalue weighted by molar-refractivity contribution is 5.97. The molecule has 0 heterocycles. The number of hydrogen-bond donors (Lipinski definition) is 3. The minimum Gasteiger partial charge on any atom is -0.497 e. The van der Waals surface area contributed by atoms with Crippen LogP contribution in [0.15, 0.2) is 48.5 Å². The third kappa shape index (κ3) is 6.22. The van der Waals surface area contributed by atoms with Gasteiger partial charge < -0.3 is 20.7 Å². The number of anilines is 1. The molecule has 26 heavy (non-hydrogen) atoms. The average Bonchev–Trinajstić information content (AvgIpc) is 2.62. The van der Waals surface area contributed by atoms with E-state index in [1.54, 1.807) is 31.4 Å². The summed E-state index contributed by atoms with van der Waals surface area (Å²) in [6.45, 7) is 4.55. The molecule has 0 saturated heterocycles. The Balaban J connectivity index is 1.82. The van der Waals surface area contributed by atoms with E-state index < -0.39 is 0 Å². The normalized spacial score (nSPS) is 10.5. The number of amides is 2. The van der Waals surface area contributed by atoms with E-state index in [2.05, 4.69) is 16.0 Å². The molecule has 0 unspecified atom stereocenters. The lowest BCUT2D eigenvalue weighted by molar-refractivity contribution is -0.115. The van der Waals surface area contributed by atoms with E-state index in [9.17, 15) is 9.59 Å². The van der Waals surface area contributed by atoms with Crippen molar-refractivity contribution in [1.29, 1.82) is 0 Å². The van der Waals surface area contributed by atoms with Crippen molar-refractivity contribution in [3.05, 3.63) is 59.7 Å². The van der Waals surface area contributed by atoms with Crippen LogP contribution in [0.5, 0.6) is 5.75 Å². The molecule has 0 fully saturated rings. The van der Waals surface area contributed by atoms with E-state index in [1.165, 1.54) is 0 Å². The van der Waals surface area contributed by atoms with Gasteiger partial charge >= 0.3 is 0 Å². The van der Waals surface area contributed by atoms with Crippen LogP contribution in [-0.2, 0) is 11.3 Å². The second-order valence-corrected chi connectivity index (χ2v) is 6.21.